The van der Waals surface area contributed by atoms with Gasteiger partial charge in [-0.2, -0.15) is 5.10 Å². The minimum Gasteiger partial charge on any atom is -0.347 e. The van der Waals surface area contributed by atoms with E-state index in [1.54, 1.807) is 0 Å². The molecule has 1 aromatic heterocycles. The predicted octanol–water partition coefficient (Wildman–Crippen LogP) is -0.0774. The molecule has 0 bridgehead atoms. The normalized spacial score (nSPS) is 22.7. The lowest BCUT2D eigenvalue weighted by Crippen LogP contribution is -2.44. The van der Waals surface area contributed by atoms with Gasteiger partial charge in [-0.15, -0.1) is 0 Å². The lowest BCUT2D eigenvalue weighted by atomic mass is 9.93. The fourth-order valence-corrected chi connectivity index (χ4v) is 2.01. The molecule has 1 aliphatic rings. The molecule has 1 aromatic rings. The zero-order valence-electron chi connectivity index (χ0n) is 9.36. The van der Waals surface area contributed by atoms with Crippen molar-refractivity contribution in [1.82, 2.24) is 25.8 Å². The number of aromatic amines is 1. The van der Waals surface area contributed by atoms with E-state index in [1.165, 1.54) is 12.7 Å². The van der Waals surface area contributed by atoms with E-state index in [-0.39, 0.29) is 17.8 Å². The minimum atomic E-state index is -0.185. The number of carbonyl (C=O) groups excluding carboxylic acids is 1. The maximum Gasteiger partial charge on any atom is 0.288 e. The van der Waals surface area contributed by atoms with Gasteiger partial charge in [0.25, 0.3) is 5.91 Å². The third-order valence-corrected chi connectivity index (χ3v) is 3.03. The molecular formula is C10H17N5O. The highest BCUT2D eigenvalue weighted by molar-refractivity contribution is 5.90. The van der Waals surface area contributed by atoms with Gasteiger partial charge >= 0.3 is 0 Å². The van der Waals surface area contributed by atoms with Crippen molar-refractivity contribution in [2.45, 2.75) is 25.8 Å². The molecule has 2 unspecified atom stereocenters. The summed E-state index contributed by atoms with van der Waals surface area (Å²) in [6, 6.07) is 0.158. The van der Waals surface area contributed by atoms with E-state index in [2.05, 4.69) is 25.8 Å². The number of piperidine rings is 1. The first-order valence-corrected chi connectivity index (χ1v) is 5.64. The number of amides is 1. The smallest absolute Gasteiger partial charge is 0.288 e. The van der Waals surface area contributed by atoms with Crippen LogP contribution in [0.3, 0.4) is 0 Å². The third-order valence-electron chi connectivity index (χ3n) is 3.03. The molecule has 16 heavy (non-hydrogen) atoms. The average molecular weight is 223 g/mol. The summed E-state index contributed by atoms with van der Waals surface area (Å²) < 4.78 is 0. The van der Waals surface area contributed by atoms with Gasteiger partial charge in [0, 0.05) is 6.04 Å². The summed E-state index contributed by atoms with van der Waals surface area (Å²) in [6.07, 6.45) is 3.67. The van der Waals surface area contributed by atoms with Crippen molar-refractivity contribution in [3.05, 3.63) is 12.2 Å². The molecule has 1 amide bonds. The molecular weight excluding hydrogens is 206 g/mol. The van der Waals surface area contributed by atoms with Crippen molar-refractivity contribution >= 4 is 5.91 Å². The number of hydrogen-bond donors (Lipinski definition) is 3. The van der Waals surface area contributed by atoms with Crippen molar-refractivity contribution < 1.29 is 4.79 Å². The highest BCUT2D eigenvalue weighted by Gasteiger charge is 2.22. The summed E-state index contributed by atoms with van der Waals surface area (Å²) in [5, 5.41) is 12.5. The molecule has 88 valence electrons. The predicted molar refractivity (Wildman–Crippen MR) is 58.9 cm³/mol. The van der Waals surface area contributed by atoms with Crippen LogP contribution < -0.4 is 10.6 Å². The standard InChI is InChI=1S/C10H17N5O/c1-7(8-3-2-4-11-5-8)14-10(16)9-12-6-13-15-9/h6-8,11H,2-5H2,1H3,(H,14,16)(H,12,13,15). The number of rotatable bonds is 3. The second-order valence-electron chi connectivity index (χ2n) is 4.20. The van der Waals surface area contributed by atoms with Gasteiger partial charge in [-0.3, -0.25) is 9.89 Å². The van der Waals surface area contributed by atoms with Crippen molar-refractivity contribution in [3.63, 3.8) is 0 Å². The van der Waals surface area contributed by atoms with Gasteiger partial charge in [-0.25, -0.2) is 4.98 Å². The summed E-state index contributed by atoms with van der Waals surface area (Å²) in [5.41, 5.74) is 0. The van der Waals surface area contributed by atoms with Crippen LogP contribution in [0.25, 0.3) is 0 Å². The first kappa shape index (κ1) is 11.1. The summed E-state index contributed by atoms with van der Waals surface area (Å²) in [4.78, 5) is 15.5. The Morgan fingerprint density at radius 3 is 3.19 bits per heavy atom. The molecule has 2 rings (SSSR count). The molecule has 3 N–H and O–H groups in total. The lowest BCUT2D eigenvalue weighted by Gasteiger charge is -2.28. The monoisotopic (exact) mass is 223 g/mol. The minimum absolute atomic E-state index is 0.158. The number of carbonyl (C=O) groups is 1. The summed E-state index contributed by atoms with van der Waals surface area (Å²) in [5.74, 6) is 0.590. The van der Waals surface area contributed by atoms with Crippen LogP contribution in [0.4, 0.5) is 0 Å². The molecule has 0 aromatic carbocycles. The van der Waals surface area contributed by atoms with Crippen LogP contribution in [0.5, 0.6) is 0 Å². The second-order valence-corrected chi connectivity index (χ2v) is 4.20. The molecule has 1 aliphatic heterocycles. The highest BCUT2D eigenvalue weighted by Crippen LogP contribution is 2.14. The maximum absolute atomic E-state index is 11.7. The van der Waals surface area contributed by atoms with Gasteiger partial charge in [-0.1, -0.05) is 0 Å². The van der Waals surface area contributed by atoms with Crippen LogP contribution >= 0.6 is 0 Å². The highest BCUT2D eigenvalue weighted by atomic mass is 16.2. The van der Waals surface area contributed by atoms with E-state index in [1.807, 2.05) is 6.92 Å². The molecule has 1 saturated heterocycles. The molecule has 0 spiro atoms. The summed E-state index contributed by atoms with van der Waals surface area (Å²) >= 11 is 0. The molecule has 2 atom stereocenters. The van der Waals surface area contributed by atoms with Gasteiger partial charge in [0.15, 0.2) is 0 Å². The largest absolute Gasteiger partial charge is 0.347 e. The van der Waals surface area contributed by atoms with Gasteiger partial charge < -0.3 is 10.6 Å². The molecule has 1 fully saturated rings. The van der Waals surface area contributed by atoms with E-state index >= 15 is 0 Å². The second kappa shape index (κ2) is 5.07. The zero-order chi connectivity index (χ0) is 11.4. The Kier molecular flexibility index (Phi) is 3.51. The average Bonchev–Trinajstić information content (AvgIpc) is 2.83. The third kappa shape index (κ3) is 2.57. The van der Waals surface area contributed by atoms with Crippen LogP contribution in [-0.4, -0.2) is 40.2 Å². The number of hydrogen-bond acceptors (Lipinski definition) is 4. The van der Waals surface area contributed by atoms with Crippen molar-refractivity contribution in [2.75, 3.05) is 13.1 Å². The number of nitrogens with one attached hydrogen (secondary N) is 3. The Labute approximate surface area is 94.2 Å². The van der Waals surface area contributed by atoms with Crippen molar-refractivity contribution in [1.29, 1.82) is 0 Å². The van der Waals surface area contributed by atoms with Gasteiger partial charge in [0.05, 0.1) is 0 Å². The first-order chi connectivity index (χ1) is 7.77. The fourth-order valence-electron chi connectivity index (χ4n) is 2.01. The van der Waals surface area contributed by atoms with E-state index in [4.69, 9.17) is 0 Å². The van der Waals surface area contributed by atoms with Gasteiger partial charge in [0.1, 0.15) is 6.33 Å². The Balaban J connectivity index is 1.86. The van der Waals surface area contributed by atoms with Crippen molar-refractivity contribution in [3.8, 4) is 0 Å². The Bertz CT molecular complexity index is 331. The Morgan fingerprint density at radius 1 is 1.69 bits per heavy atom. The van der Waals surface area contributed by atoms with E-state index in [0.29, 0.717) is 5.92 Å². The van der Waals surface area contributed by atoms with Crippen LogP contribution in [-0.2, 0) is 0 Å². The van der Waals surface area contributed by atoms with Gasteiger partial charge in [-0.05, 0) is 38.8 Å². The molecule has 6 nitrogen and oxygen atoms in total. The molecule has 0 radical (unpaired) electrons. The summed E-state index contributed by atoms with van der Waals surface area (Å²) in [6.45, 7) is 4.09. The Hall–Kier alpha value is -1.43. The lowest BCUT2D eigenvalue weighted by molar-refractivity contribution is 0.0912. The summed E-state index contributed by atoms with van der Waals surface area (Å²) in [7, 11) is 0. The zero-order valence-corrected chi connectivity index (χ0v) is 9.36. The van der Waals surface area contributed by atoms with E-state index in [9.17, 15) is 4.79 Å². The molecule has 0 aliphatic carbocycles. The molecule has 0 saturated carbocycles. The first-order valence-electron chi connectivity index (χ1n) is 5.64. The number of nitrogens with zero attached hydrogens (tertiary/aromatic N) is 2. The quantitative estimate of drug-likeness (QED) is 0.669. The van der Waals surface area contributed by atoms with Crippen molar-refractivity contribution in [2.24, 2.45) is 5.92 Å². The SMILES string of the molecule is CC(NC(=O)c1ncn[nH]1)C1CCCNC1. The van der Waals surface area contributed by atoms with Gasteiger partial charge in [0.2, 0.25) is 5.82 Å². The molecule has 6 heteroatoms. The van der Waals surface area contributed by atoms with Crippen LogP contribution in [0.15, 0.2) is 6.33 Å². The van der Waals surface area contributed by atoms with Crippen LogP contribution in [0.1, 0.15) is 30.4 Å². The Morgan fingerprint density at radius 2 is 2.56 bits per heavy atom. The number of aromatic nitrogens is 3. The van der Waals surface area contributed by atoms with Crippen LogP contribution in [0, 0.1) is 5.92 Å². The van der Waals surface area contributed by atoms with E-state index in [0.717, 1.165) is 19.5 Å². The maximum atomic E-state index is 11.7. The van der Waals surface area contributed by atoms with E-state index < -0.39 is 0 Å². The van der Waals surface area contributed by atoms with Crippen LogP contribution in [0.2, 0.25) is 0 Å². The fraction of sp³-hybridized carbons (Fsp3) is 0.700. The topological polar surface area (TPSA) is 82.7 Å². The molecule has 2 heterocycles. The number of H-pyrrole nitrogens is 1.